The molecule has 1 atom stereocenters. The van der Waals surface area contributed by atoms with E-state index in [9.17, 15) is 13.2 Å². The maximum Gasteiger partial charge on any atom is 0.220 e. The lowest BCUT2D eigenvalue weighted by molar-refractivity contribution is -0.121. The van der Waals surface area contributed by atoms with E-state index in [-0.39, 0.29) is 17.3 Å². The van der Waals surface area contributed by atoms with Crippen LogP contribution in [0.15, 0.2) is 40.6 Å². The van der Waals surface area contributed by atoms with Crippen molar-refractivity contribution < 1.29 is 22.7 Å². The first-order chi connectivity index (χ1) is 12.5. The summed E-state index contributed by atoms with van der Waals surface area (Å²) < 4.78 is 37.5. The van der Waals surface area contributed by atoms with Crippen molar-refractivity contribution in [3.8, 4) is 11.5 Å². The van der Waals surface area contributed by atoms with Crippen LogP contribution in [-0.4, -0.2) is 34.1 Å². The topological polar surface area (TPSA) is 81.7 Å². The standard InChI is InChI=1S/C18H21NO5S2/c1-2-4-18(20)19-12-17(16-5-3-10-25-16)26(21,22)13-6-7-14-15(11-13)24-9-8-23-14/h3,5-7,10-11,17H,2,4,8-9,12H2,1H3,(H,19,20)/t17-/m1/s1. The predicted molar refractivity (Wildman–Crippen MR) is 99.6 cm³/mol. The zero-order chi connectivity index (χ0) is 18.6. The Kier molecular flexibility index (Phi) is 5.83. The SMILES string of the molecule is CCCC(=O)NC[C@H](c1cccs1)S(=O)(=O)c1ccc2c(c1)OCCO2. The summed E-state index contributed by atoms with van der Waals surface area (Å²) in [5.41, 5.74) is 0. The molecule has 1 N–H and O–H groups in total. The summed E-state index contributed by atoms with van der Waals surface area (Å²) in [5, 5.41) is 3.73. The molecule has 0 saturated carbocycles. The average molecular weight is 396 g/mol. The Morgan fingerprint density at radius 2 is 2.00 bits per heavy atom. The number of rotatable bonds is 7. The summed E-state index contributed by atoms with van der Waals surface area (Å²) >= 11 is 1.36. The Labute approximate surface area is 157 Å². The molecule has 1 aliphatic heterocycles. The van der Waals surface area contributed by atoms with Gasteiger partial charge in [-0.2, -0.15) is 0 Å². The minimum Gasteiger partial charge on any atom is -0.486 e. The largest absolute Gasteiger partial charge is 0.486 e. The number of ether oxygens (including phenoxy) is 2. The summed E-state index contributed by atoms with van der Waals surface area (Å²) in [4.78, 5) is 12.7. The smallest absolute Gasteiger partial charge is 0.220 e. The van der Waals surface area contributed by atoms with Crippen LogP contribution in [0, 0.1) is 0 Å². The van der Waals surface area contributed by atoms with Gasteiger partial charge in [0, 0.05) is 23.9 Å². The van der Waals surface area contributed by atoms with Gasteiger partial charge in [-0.1, -0.05) is 13.0 Å². The van der Waals surface area contributed by atoms with Gasteiger partial charge in [0.1, 0.15) is 18.5 Å². The zero-order valence-electron chi connectivity index (χ0n) is 14.4. The van der Waals surface area contributed by atoms with Crippen molar-refractivity contribution in [3.63, 3.8) is 0 Å². The van der Waals surface area contributed by atoms with Crippen LogP contribution in [0.3, 0.4) is 0 Å². The van der Waals surface area contributed by atoms with E-state index in [0.717, 1.165) is 0 Å². The number of sulfone groups is 1. The van der Waals surface area contributed by atoms with Crippen molar-refractivity contribution in [1.29, 1.82) is 0 Å². The van der Waals surface area contributed by atoms with Gasteiger partial charge in [-0.25, -0.2) is 8.42 Å². The number of carbonyl (C=O) groups excluding carboxylic acids is 1. The quantitative estimate of drug-likeness (QED) is 0.779. The van der Waals surface area contributed by atoms with Crippen LogP contribution in [0.4, 0.5) is 0 Å². The number of hydrogen-bond acceptors (Lipinski definition) is 6. The normalized spacial score (nSPS) is 14.7. The van der Waals surface area contributed by atoms with Gasteiger partial charge in [0.2, 0.25) is 5.91 Å². The maximum absolute atomic E-state index is 13.2. The third kappa shape index (κ3) is 4.02. The molecule has 2 heterocycles. The molecule has 0 bridgehead atoms. The van der Waals surface area contributed by atoms with Crippen molar-refractivity contribution in [2.24, 2.45) is 0 Å². The lowest BCUT2D eigenvalue weighted by atomic mass is 10.3. The first kappa shape index (κ1) is 18.7. The fourth-order valence-electron chi connectivity index (χ4n) is 2.72. The number of nitrogens with one attached hydrogen (secondary N) is 1. The average Bonchev–Trinajstić information content (AvgIpc) is 3.15. The Bertz CT molecular complexity index is 862. The lowest BCUT2D eigenvalue weighted by Crippen LogP contribution is -2.31. The van der Waals surface area contributed by atoms with E-state index < -0.39 is 15.1 Å². The summed E-state index contributed by atoms with van der Waals surface area (Å²) in [7, 11) is -3.71. The summed E-state index contributed by atoms with van der Waals surface area (Å²) in [6.45, 7) is 2.77. The number of hydrogen-bond donors (Lipinski definition) is 1. The molecule has 26 heavy (non-hydrogen) atoms. The van der Waals surface area contributed by atoms with Gasteiger partial charge in [0.15, 0.2) is 21.3 Å². The van der Waals surface area contributed by atoms with Gasteiger partial charge < -0.3 is 14.8 Å². The first-order valence-electron chi connectivity index (χ1n) is 8.46. The molecular formula is C18H21NO5S2. The van der Waals surface area contributed by atoms with E-state index in [1.807, 2.05) is 12.3 Å². The van der Waals surface area contributed by atoms with E-state index in [4.69, 9.17) is 9.47 Å². The molecule has 0 aliphatic carbocycles. The van der Waals surface area contributed by atoms with Gasteiger partial charge in [0.05, 0.1) is 4.90 Å². The molecule has 2 aromatic rings. The third-order valence-corrected chi connectivity index (χ3v) is 7.25. The van der Waals surface area contributed by atoms with Crippen molar-refractivity contribution in [1.82, 2.24) is 5.32 Å². The molecule has 1 aliphatic rings. The van der Waals surface area contributed by atoms with Crippen LogP contribution in [0.5, 0.6) is 11.5 Å². The molecule has 0 saturated heterocycles. The van der Waals surface area contributed by atoms with Crippen LogP contribution in [-0.2, 0) is 14.6 Å². The molecule has 1 aromatic heterocycles. The van der Waals surface area contributed by atoms with Gasteiger partial charge >= 0.3 is 0 Å². The second-order valence-corrected chi connectivity index (χ2v) is 9.02. The number of amides is 1. The number of thiophene rings is 1. The highest BCUT2D eigenvalue weighted by molar-refractivity contribution is 7.91. The van der Waals surface area contributed by atoms with Gasteiger partial charge in [0.25, 0.3) is 0 Å². The van der Waals surface area contributed by atoms with E-state index in [0.29, 0.717) is 42.4 Å². The maximum atomic E-state index is 13.2. The first-order valence-corrected chi connectivity index (χ1v) is 10.9. The molecule has 140 valence electrons. The van der Waals surface area contributed by atoms with Crippen LogP contribution in [0.1, 0.15) is 29.9 Å². The highest BCUT2D eigenvalue weighted by Crippen LogP contribution is 2.37. The van der Waals surface area contributed by atoms with Gasteiger partial charge in [-0.3, -0.25) is 4.79 Å². The molecule has 8 heteroatoms. The molecular weight excluding hydrogens is 374 g/mol. The summed E-state index contributed by atoms with van der Waals surface area (Å²) in [6.07, 6.45) is 1.09. The minimum atomic E-state index is -3.71. The van der Waals surface area contributed by atoms with Crippen molar-refractivity contribution in [2.75, 3.05) is 19.8 Å². The van der Waals surface area contributed by atoms with Crippen molar-refractivity contribution in [3.05, 3.63) is 40.6 Å². The minimum absolute atomic E-state index is 0.0378. The lowest BCUT2D eigenvalue weighted by Gasteiger charge is -2.21. The Morgan fingerprint density at radius 3 is 2.69 bits per heavy atom. The van der Waals surface area contributed by atoms with Crippen molar-refractivity contribution >= 4 is 27.1 Å². The second kappa shape index (κ2) is 8.09. The molecule has 6 nitrogen and oxygen atoms in total. The second-order valence-electron chi connectivity index (χ2n) is 5.91. The van der Waals surface area contributed by atoms with Gasteiger partial charge in [-0.15, -0.1) is 11.3 Å². The molecule has 0 radical (unpaired) electrons. The predicted octanol–water partition coefficient (Wildman–Crippen LogP) is 2.95. The van der Waals surface area contributed by atoms with Gasteiger partial charge in [-0.05, 0) is 30.0 Å². The third-order valence-electron chi connectivity index (χ3n) is 4.04. The molecule has 1 aromatic carbocycles. The molecule has 0 spiro atoms. The highest BCUT2D eigenvalue weighted by Gasteiger charge is 2.31. The zero-order valence-corrected chi connectivity index (χ0v) is 16.1. The van der Waals surface area contributed by atoms with E-state index in [2.05, 4.69) is 5.32 Å². The van der Waals surface area contributed by atoms with E-state index in [1.54, 1.807) is 18.2 Å². The van der Waals surface area contributed by atoms with Crippen LogP contribution in [0.2, 0.25) is 0 Å². The Hall–Kier alpha value is -2.06. The summed E-state index contributed by atoms with van der Waals surface area (Å²) in [5.74, 6) is 0.822. The fourth-order valence-corrected chi connectivity index (χ4v) is 5.52. The van der Waals surface area contributed by atoms with Crippen LogP contribution in [0.25, 0.3) is 0 Å². The monoisotopic (exact) mass is 395 g/mol. The molecule has 1 amide bonds. The summed E-state index contributed by atoms with van der Waals surface area (Å²) in [6, 6.07) is 8.22. The van der Waals surface area contributed by atoms with Crippen LogP contribution >= 0.6 is 11.3 Å². The molecule has 0 fully saturated rings. The number of carbonyl (C=O) groups is 1. The van der Waals surface area contributed by atoms with Crippen LogP contribution < -0.4 is 14.8 Å². The Balaban J connectivity index is 1.90. The highest BCUT2D eigenvalue weighted by atomic mass is 32.2. The molecule has 3 rings (SSSR count). The number of benzene rings is 1. The fraction of sp³-hybridized carbons (Fsp3) is 0.389. The Morgan fingerprint density at radius 1 is 1.23 bits per heavy atom. The van der Waals surface area contributed by atoms with E-state index in [1.165, 1.54) is 23.5 Å². The van der Waals surface area contributed by atoms with E-state index >= 15 is 0 Å². The molecule has 0 unspecified atom stereocenters. The number of fused-ring (bicyclic) bond motifs is 1. The van der Waals surface area contributed by atoms with Crippen molar-refractivity contribution in [2.45, 2.75) is 29.9 Å².